The molecular formula is C17H25NO3S. The first-order chi connectivity index (χ1) is 10.4. The molecule has 0 radical (unpaired) electrons. The lowest BCUT2D eigenvalue weighted by Crippen LogP contribution is -2.20. The molecule has 122 valence electrons. The SMILES string of the molecule is CCCC(C)C(=O)Nc1ccc(S(=O)(=O)C2CCCC2)cc1. The highest BCUT2D eigenvalue weighted by Gasteiger charge is 2.30. The number of sulfone groups is 1. The molecule has 1 unspecified atom stereocenters. The number of hydrogen-bond acceptors (Lipinski definition) is 3. The van der Waals surface area contributed by atoms with Crippen molar-refractivity contribution >= 4 is 21.4 Å². The molecule has 0 aromatic heterocycles. The van der Waals surface area contributed by atoms with Crippen molar-refractivity contribution in [1.82, 2.24) is 0 Å². The number of rotatable bonds is 6. The van der Waals surface area contributed by atoms with E-state index in [1.54, 1.807) is 24.3 Å². The highest BCUT2D eigenvalue weighted by molar-refractivity contribution is 7.92. The van der Waals surface area contributed by atoms with Gasteiger partial charge in [0.25, 0.3) is 0 Å². The fraction of sp³-hybridized carbons (Fsp3) is 0.588. The van der Waals surface area contributed by atoms with Crippen LogP contribution in [0.1, 0.15) is 52.4 Å². The lowest BCUT2D eigenvalue weighted by Gasteiger charge is -2.13. The molecule has 1 aliphatic rings. The molecule has 0 bridgehead atoms. The van der Waals surface area contributed by atoms with Crippen LogP contribution in [0.25, 0.3) is 0 Å². The zero-order valence-electron chi connectivity index (χ0n) is 13.3. The van der Waals surface area contributed by atoms with Gasteiger partial charge in [-0.25, -0.2) is 8.42 Å². The monoisotopic (exact) mass is 323 g/mol. The summed E-state index contributed by atoms with van der Waals surface area (Å²) in [5.74, 6) is -0.0554. The van der Waals surface area contributed by atoms with Gasteiger partial charge in [0, 0.05) is 11.6 Å². The largest absolute Gasteiger partial charge is 0.326 e. The molecule has 0 aliphatic heterocycles. The minimum absolute atomic E-state index is 0.0201. The number of carbonyl (C=O) groups is 1. The number of hydrogen-bond donors (Lipinski definition) is 1. The first kappa shape index (κ1) is 17.0. The fourth-order valence-electron chi connectivity index (χ4n) is 2.95. The van der Waals surface area contributed by atoms with E-state index in [1.807, 2.05) is 13.8 Å². The Morgan fingerprint density at radius 1 is 1.23 bits per heavy atom. The Balaban J connectivity index is 2.05. The Hall–Kier alpha value is -1.36. The summed E-state index contributed by atoms with van der Waals surface area (Å²) in [4.78, 5) is 12.3. The molecule has 1 fully saturated rings. The number of amides is 1. The van der Waals surface area contributed by atoms with Gasteiger partial charge in [-0.1, -0.05) is 33.1 Å². The number of nitrogens with one attached hydrogen (secondary N) is 1. The van der Waals surface area contributed by atoms with E-state index < -0.39 is 9.84 Å². The van der Waals surface area contributed by atoms with E-state index in [0.717, 1.165) is 38.5 Å². The molecule has 1 atom stereocenters. The van der Waals surface area contributed by atoms with Gasteiger partial charge in [0.2, 0.25) is 5.91 Å². The third kappa shape index (κ3) is 3.88. The van der Waals surface area contributed by atoms with Gasteiger partial charge in [-0.2, -0.15) is 0 Å². The zero-order valence-corrected chi connectivity index (χ0v) is 14.2. The van der Waals surface area contributed by atoms with Crippen LogP contribution < -0.4 is 5.32 Å². The highest BCUT2D eigenvalue weighted by atomic mass is 32.2. The molecule has 1 saturated carbocycles. The lowest BCUT2D eigenvalue weighted by molar-refractivity contribution is -0.119. The molecular weight excluding hydrogens is 298 g/mol. The predicted molar refractivity (Wildman–Crippen MR) is 88.6 cm³/mol. The van der Waals surface area contributed by atoms with Crippen LogP contribution in [0, 0.1) is 5.92 Å². The van der Waals surface area contributed by atoms with Gasteiger partial charge in [0.15, 0.2) is 9.84 Å². The minimum Gasteiger partial charge on any atom is -0.326 e. The fourth-order valence-corrected chi connectivity index (χ4v) is 4.80. The van der Waals surface area contributed by atoms with Gasteiger partial charge in [0.1, 0.15) is 0 Å². The number of carbonyl (C=O) groups excluding carboxylic acids is 1. The maximum Gasteiger partial charge on any atom is 0.227 e. The van der Waals surface area contributed by atoms with Crippen molar-refractivity contribution in [1.29, 1.82) is 0 Å². The Labute approximate surface area is 133 Å². The predicted octanol–water partition coefficient (Wildman–Crippen LogP) is 3.78. The van der Waals surface area contributed by atoms with Crippen molar-refractivity contribution in [3.05, 3.63) is 24.3 Å². The topological polar surface area (TPSA) is 63.2 Å². The summed E-state index contributed by atoms with van der Waals surface area (Å²) in [5, 5.41) is 2.60. The van der Waals surface area contributed by atoms with Crippen LogP contribution in [-0.4, -0.2) is 19.6 Å². The molecule has 0 spiro atoms. The molecule has 22 heavy (non-hydrogen) atoms. The molecule has 1 aliphatic carbocycles. The Bertz CT molecular complexity index is 601. The second-order valence-corrected chi connectivity index (χ2v) is 8.38. The molecule has 4 nitrogen and oxygen atoms in total. The summed E-state index contributed by atoms with van der Waals surface area (Å²) < 4.78 is 24.9. The molecule has 1 aromatic carbocycles. The van der Waals surface area contributed by atoms with E-state index >= 15 is 0 Å². The molecule has 1 aromatic rings. The van der Waals surface area contributed by atoms with Crippen LogP contribution in [0.4, 0.5) is 5.69 Å². The van der Waals surface area contributed by atoms with Crippen molar-refractivity contribution < 1.29 is 13.2 Å². The third-order valence-corrected chi connectivity index (χ3v) is 6.64. The van der Waals surface area contributed by atoms with Crippen LogP contribution in [0.5, 0.6) is 0 Å². The van der Waals surface area contributed by atoms with E-state index in [2.05, 4.69) is 5.32 Å². The van der Waals surface area contributed by atoms with Gasteiger partial charge >= 0.3 is 0 Å². The number of benzene rings is 1. The van der Waals surface area contributed by atoms with Crippen LogP contribution in [-0.2, 0) is 14.6 Å². The van der Waals surface area contributed by atoms with Gasteiger partial charge in [-0.15, -0.1) is 0 Å². The molecule has 0 saturated heterocycles. The molecule has 1 amide bonds. The quantitative estimate of drug-likeness (QED) is 0.866. The molecule has 1 N–H and O–H groups in total. The first-order valence-corrected chi connectivity index (χ1v) is 9.64. The Kier molecular flexibility index (Phi) is 5.62. The van der Waals surface area contributed by atoms with Gasteiger partial charge in [-0.05, 0) is 43.5 Å². The molecule has 0 heterocycles. The van der Waals surface area contributed by atoms with Crippen molar-refractivity contribution in [3.8, 4) is 0 Å². The van der Waals surface area contributed by atoms with Crippen LogP contribution >= 0.6 is 0 Å². The van der Waals surface area contributed by atoms with Crippen LogP contribution in [0.2, 0.25) is 0 Å². The van der Waals surface area contributed by atoms with E-state index in [1.165, 1.54) is 0 Å². The first-order valence-electron chi connectivity index (χ1n) is 8.10. The van der Waals surface area contributed by atoms with E-state index in [9.17, 15) is 13.2 Å². The van der Waals surface area contributed by atoms with E-state index in [-0.39, 0.29) is 17.1 Å². The summed E-state index contributed by atoms with van der Waals surface area (Å²) in [7, 11) is -3.22. The maximum atomic E-state index is 12.5. The minimum atomic E-state index is -3.22. The van der Waals surface area contributed by atoms with Gasteiger partial charge in [-0.3, -0.25) is 4.79 Å². The van der Waals surface area contributed by atoms with Gasteiger partial charge in [0.05, 0.1) is 10.1 Å². The van der Waals surface area contributed by atoms with Crippen LogP contribution in [0.15, 0.2) is 29.2 Å². The van der Waals surface area contributed by atoms with E-state index in [4.69, 9.17) is 0 Å². The highest BCUT2D eigenvalue weighted by Crippen LogP contribution is 2.30. The smallest absolute Gasteiger partial charge is 0.227 e. The summed E-state index contributed by atoms with van der Waals surface area (Å²) in [5.41, 5.74) is 0.651. The van der Waals surface area contributed by atoms with Crippen molar-refractivity contribution in [2.45, 2.75) is 62.5 Å². The summed E-state index contributed by atoms with van der Waals surface area (Å²) in [6.45, 7) is 3.95. The summed E-state index contributed by atoms with van der Waals surface area (Å²) in [6.07, 6.45) is 5.32. The summed E-state index contributed by atoms with van der Waals surface area (Å²) in [6, 6.07) is 6.57. The molecule has 2 rings (SSSR count). The number of anilines is 1. The normalized spacial score (nSPS) is 17.4. The summed E-state index contributed by atoms with van der Waals surface area (Å²) >= 11 is 0. The lowest BCUT2D eigenvalue weighted by atomic mass is 10.1. The maximum absolute atomic E-state index is 12.5. The Morgan fingerprint density at radius 2 is 1.82 bits per heavy atom. The van der Waals surface area contributed by atoms with Crippen molar-refractivity contribution in [2.75, 3.05) is 5.32 Å². The van der Waals surface area contributed by atoms with Crippen LogP contribution in [0.3, 0.4) is 0 Å². The third-order valence-electron chi connectivity index (χ3n) is 4.36. The average Bonchev–Trinajstić information content (AvgIpc) is 3.03. The standard InChI is InChI=1S/C17H25NO3S/c1-3-6-13(2)17(19)18-14-9-11-16(12-10-14)22(20,21)15-7-4-5-8-15/h9-13,15H,3-8H2,1-2H3,(H,18,19). The van der Waals surface area contributed by atoms with Crippen molar-refractivity contribution in [2.24, 2.45) is 5.92 Å². The molecule has 5 heteroatoms. The Morgan fingerprint density at radius 3 is 2.36 bits per heavy atom. The average molecular weight is 323 g/mol. The van der Waals surface area contributed by atoms with E-state index in [0.29, 0.717) is 10.6 Å². The second kappa shape index (κ2) is 7.27. The van der Waals surface area contributed by atoms with Crippen molar-refractivity contribution in [3.63, 3.8) is 0 Å². The van der Waals surface area contributed by atoms with Gasteiger partial charge < -0.3 is 5.32 Å². The second-order valence-electron chi connectivity index (χ2n) is 6.15. The zero-order chi connectivity index (χ0) is 16.2.